The van der Waals surface area contributed by atoms with Crippen molar-refractivity contribution in [2.75, 3.05) is 6.54 Å². The van der Waals surface area contributed by atoms with Crippen LogP contribution in [-0.2, 0) is 6.42 Å². The smallest absolute Gasteiger partial charge is 0.228 e. The van der Waals surface area contributed by atoms with Crippen molar-refractivity contribution in [3.63, 3.8) is 0 Å². The van der Waals surface area contributed by atoms with Gasteiger partial charge in [0.15, 0.2) is 5.82 Å². The summed E-state index contributed by atoms with van der Waals surface area (Å²) in [4.78, 5) is 4.58. The standard InChI is InChI=1S/C15H27N3O/c1-6-7-16-12(10(2)3)8-13-17-14(18-19-13)11-9-15(11,4)5/h10-12,16H,6-9H2,1-5H3. The molecule has 4 heteroatoms. The fourth-order valence-electron chi connectivity index (χ4n) is 2.46. The zero-order chi connectivity index (χ0) is 14.0. The zero-order valence-corrected chi connectivity index (χ0v) is 12.9. The molecule has 1 aliphatic carbocycles. The third-order valence-electron chi connectivity index (χ3n) is 4.16. The molecular formula is C15H27N3O. The summed E-state index contributed by atoms with van der Waals surface area (Å²) in [6.45, 7) is 12.2. The largest absolute Gasteiger partial charge is 0.339 e. The van der Waals surface area contributed by atoms with Crippen molar-refractivity contribution in [3.8, 4) is 0 Å². The Labute approximate surface area is 116 Å². The van der Waals surface area contributed by atoms with E-state index in [1.54, 1.807) is 0 Å². The van der Waals surface area contributed by atoms with Crippen LogP contribution in [-0.4, -0.2) is 22.7 Å². The second-order valence-corrected chi connectivity index (χ2v) is 6.80. The molecule has 1 aliphatic rings. The molecule has 1 aromatic rings. The fraction of sp³-hybridized carbons (Fsp3) is 0.867. The summed E-state index contributed by atoms with van der Waals surface area (Å²) >= 11 is 0. The molecule has 2 rings (SSSR count). The van der Waals surface area contributed by atoms with Gasteiger partial charge in [-0.25, -0.2) is 0 Å². The monoisotopic (exact) mass is 265 g/mol. The summed E-state index contributed by atoms with van der Waals surface area (Å²) in [7, 11) is 0. The van der Waals surface area contributed by atoms with Crippen LogP contribution in [0.25, 0.3) is 0 Å². The molecule has 0 amide bonds. The van der Waals surface area contributed by atoms with E-state index in [4.69, 9.17) is 4.52 Å². The average molecular weight is 265 g/mol. The predicted molar refractivity (Wildman–Crippen MR) is 76.1 cm³/mol. The van der Waals surface area contributed by atoms with Gasteiger partial charge in [-0.2, -0.15) is 4.98 Å². The highest BCUT2D eigenvalue weighted by Crippen LogP contribution is 2.57. The van der Waals surface area contributed by atoms with Gasteiger partial charge in [0.1, 0.15) is 0 Å². The molecule has 4 nitrogen and oxygen atoms in total. The Morgan fingerprint density at radius 1 is 1.42 bits per heavy atom. The summed E-state index contributed by atoms with van der Waals surface area (Å²) in [6.07, 6.45) is 3.15. The maximum atomic E-state index is 5.42. The second-order valence-electron chi connectivity index (χ2n) is 6.80. The summed E-state index contributed by atoms with van der Waals surface area (Å²) in [5.41, 5.74) is 0.360. The van der Waals surface area contributed by atoms with E-state index in [9.17, 15) is 0 Å². The van der Waals surface area contributed by atoms with E-state index in [2.05, 4.69) is 50.1 Å². The molecular weight excluding hydrogens is 238 g/mol. The van der Waals surface area contributed by atoms with E-state index in [0.717, 1.165) is 31.1 Å². The van der Waals surface area contributed by atoms with Crippen LogP contribution in [0.1, 0.15) is 65.1 Å². The topological polar surface area (TPSA) is 51.0 Å². The van der Waals surface area contributed by atoms with Gasteiger partial charge in [0.2, 0.25) is 5.89 Å². The number of nitrogens with one attached hydrogen (secondary N) is 1. The molecule has 1 aromatic heterocycles. The number of hydrogen-bond acceptors (Lipinski definition) is 4. The van der Waals surface area contributed by atoms with Crippen LogP contribution >= 0.6 is 0 Å². The predicted octanol–water partition coefficient (Wildman–Crippen LogP) is 3.15. The molecule has 0 bridgehead atoms. The normalized spacial score (nSPS) is 22.7. The lowest BCUT2D eigenvalue weighted by molar-refractivity contribution is 0.324. The van der Waals surface area contributed by atoms with Crippen molar-refractivity contribution in [1.82, 2.24) is 15.5 Å². The zero-order valence-electron chi connectivity index (χ0n) is 12.9. The van der Waals surface area contributed by atoms with E-state index < -0.39 is 0 Å². The van der Waals surface area contributed by atoms with Gasteiger partial charge >= 0.3 is 0 Å². The number of hydrogen-bond donors (Lipinski definition) is 1. The lowest BCUT2D eigenvalue weighted by Gasteiger charge is -2.20. The number of aromatic nitrogens is 2. The maximum Gasteiger partial charge on any atom is 0.228 e. The van der Waals surface area contributed by atoms with Crippen LogP contribution in [0, 0.1) is 11.3 Å². The number of nitrogens with zero attached hydrogens (tertiary/aromatic N) is 2. The Bertz CT molecular complexity index is 411. The molecule has 2 atom stereocenters. The third kappa shape index (κ3) is 3.56. The van der Waals surface area contributed by atoms with Gasteiger partial charge in [0, 0.05) is 18.4 Å². The first-order chi connectivity index (χ1) is 8.94. The highest BCUT2D eigenvalue weighted by Gasteiger charge is 2.49. The molecule has 0 radical (unpaired) electrons. The Balaban J connectivity index is 1.94. The van der Waals surface area contributed by atoms with Crippen molar-refractivity contribution >= 4 is 0 Å². The van der Waals surface area contributed by atoms with Crippen LogP contribution in [0.5, 0.6) is 0 Å². The van der Waals surface area contributed by atoms with Crippen LogP contribution < -0.4 is 5.32 Å². The highest BCUT2D eigenvalue weighted by atomic mass is 16.5. The SMILES string of the molecule is CCCNC(Cc1nc(C2CC2(C)C)no1)C(C)C. The molecule has 1 fully saturated rings. The van der Waals surface area contributed by atoms with E-state index in [-0.39, 0.29) is 0 Å². The third-order valence-corrected chi connectivity index (χ3v) is 4.16. The molecule has 1 saturated carbocycles. The van der Waals surface area contributed by atoms with Gasteiger partial charge in [-0.05, 0) is 30.7 Å². The van der Waals surface area contributed by atoms with Gasteiger partial charge in [-0.15, -0.1) is 0 Å². The Hall–Kier alpha value is -0.900. The summed E-state index contributed by atoms with van der Waals surface area (Å²) in [5.74, 6) is 2.74. The minimum absolute atomic E-state index is 0.360. The quantitative estimate of drug-likeness (QED) is 0.823. The molecule has 0 saturated heterocycles. The highest BCUT2D eigenvalue weighted by molar-refractivity contribution is 5.14. The van der Waals surface area contributed by atoms with Crippen molar-refractivity contribution in [3.05, 3.63) is 11.7 Å². The van der Waals surface area contributed by atoms with Crippen LogP contribution in [0.2, 0.25) is 0 Å². The van der Waals surface area contributed by atoms with Gasteiger partial charge in [0.05, 0.1) is 0 Å². The second kappa shape index (κ2) is 5.61. The van der Waals surface area contributed by atoms with E-state index in [0.29, 0.717) is 23.3 Å². The minimum atomic E-state index is 0.360. The Morgan fingerprint density at radius 2 is 2.11 bits per heavy atom. The van der Waals surface area contributed by atoms with Crippen LogP contribution in [0.4, 0.5) is 0 Å². The lowest BCUT2D eigenvalue weighted by atomic mass is 10.0. The first kappa shape index (κ1) is 14.5. The van der Waals surface area contributed by atoms with E-state index in [1.807, 2.05) is 0 Å². The molecule has 1 heterocycles. The molecule has 1 N–H and O–H groups in total. The Morgan fingerprint density at radius 3 is 2.63 bits per heavy atom. The van der Waals surface area contributed by atoms with Crippen LogP contribution in [0.3, 0.4) is 0 Å². The molecule has 0 spiro atoms. The van der Waals surface area contributed by atoms with Crippen molar-refractivity contribution in [2.24, 2.45) is 11.3 Å². The lowest BCUT2D eigenvalue weighted by Crippen LogP contribution is -2.36. The first-order valence-corrected chi connectivity index (χ1v) is 7.50. The van der Waals surface area contributed by atoms with Crippen LogP contribution in [0.15, 0.2) is 4.52 Å². The molecule has 0 aromatic carbocycles. The van der Waals surface area contributed by atoms with Gasteiger partial charge < -0.3 is 9.84 Å². The van der Waals surface area contributed by atoms with Crippen molar-refractivity contribution in [2.45, 2.75) is 65.8 Å². The summed E-state index contributed by atoms with van der Waals surface area (Å²) < 4.78 is 5.42. The summed E-state index contributed by atoms with van der Waals surface area (Å²) in [6, 6.07) is 0.417. The van der Waals surface area contributed by atoms with Gasteiger partial charge in [-0.1, -0.05) is 39.8 Å². The van der Waals surface area contributed by atoms with Gasteiger partial charge in [0.25, 0.3) is 0 Å². The Kier molecular flexibility index (Phi) is 4.29. The molecule has 2 unspecified atom stereocenters. The van der Waals surface area contributed by atoms with E-state index >= 15 is 0 Å². The number of rotatable bonds is 7. The molecule has 0 aliphatic heterocycles. The van der Waals surface area contributed by atoms with Gasteiger partial charge in [-0.3, -0.25) is 0 Å². The van der Waals surface area contributed by atoms with E-state index in [1.165, 1.54) is 6.42 Å². The first-order valence-electron chi connectivity index (χ1n) is 7.50. The minimum Gasteiger partial charge on any atom is -0.339 e. The average Bonchev–Trinajstić information content (AvgIpc) is 2.77. The maximum absolute atomic E-state index is 5.42. The molecule has 19 heavy (non-hydrogen) atoms. The van der Waals surface area contributed by atoms with Crippen molar-refractivity contribution < 1.29 is 4.52 Å². The van der Waals surface area contributed by atoms with Crippen molar-refractivity contribution in [1.29, 1.82) is 0 Å². The summed E-state index contributed by atoms with van der Waals surface area (Å²) in [5, 5.41) is 7.71. The molecule has 108 valence electrons. The fourth-order valence-corrected chi connectivity index (χ4v) is 2.46.